The number of nitrogens with zero attached hydrogens (tertiary/aromatic N) is 5. The minimum Gasteiger partial charge on any atom is -0.335 e. The lowest BCUT2D eigenvalue weighted by Gasteiger charge is -2.35. The van der Waals surface area contributed by atoms with Crippen LogP contribution >= 0.6 is 0 Å². The number of hydrogen-bond donors (Lipinski definition) is 0. The topological polar surface area (TPSA) is 82.2 Å². The molecular formula is C20H21N5O2. The van der Waals surface area contributed by atoms with Crippen LogP contribution in [0.5, 0.6) is 0 Å². The van der Waals surface area contributed by atoms with Gasteiger partial charge < -0.3 is 9.80 Å². The molecule has 1 fully saturated rings. The summed E-state index contributed by atoms with van der Waals surface area (Å²) in [4.78, 5) is 29.1. The number of hydrogen-bond acceptors (Lipinski definition) is 4. The summed E-state index contributed by atoms with van der Waals surface area (Å²) in [6.45, 7) is 2.88. The zero-order valence-corrected chi connectivity index (χ0v) is 15.1. The first-order valence-corrected chi connectivity index (χ1v) is 9.31. The predicted octanol–water partition coefficient (Wildman–Crippen LogP) is 1.69. The van der Waals surface area contributed by atoms with Crippen LogP contribution in [-0.2, 0) is 13.0 Å². The van der Waals surface area contributed by atoms with Gasteiger partial charge in [0.05, 0.1) is 29.1 Å². The Morgan fingerprint density at radius 1 is 1.00 bits per heavy atom. The minimum absolute atomic E-state index is 0.0109. The molecule has 2 aliphatic heterocycles. The summed E-state index contributed by atoms with van der Waals surface area (Å²) in [5, 5.41) is 13.3. The van der Waals surface area contributed by atoms with Gasteiger partial charge in [0.1, 0.15) is 0 Å². The molecule has 1 saturated heterocycles. The highest BCUT2D eigenvalue weighted by atomic mass is 16.2. The van der Waals surface area contributed by atoms with Crippen LogP contribution in [0.15, 0.2) is 30.5 Å². The number of aryl methyl sites for hydroxylation is 1. The standard InChI is InChI=1S/C20H21N5O2/c21-13-15-4-3-5-16(12-15)19(26)23-8-10-24(11-9-23)20(27)17-14-22-25-7-2-1-6-18(17)25/h3-5,12,14H,1-2,6-11H2. The summed E-state index contributed by atoms with van der Waals surface area (Å²) in [6.07, 6.45) is 4.79. The van der Waals surface area contributed by atoms with Gasteiger partial charge in [-0.2, -0.15) is 10.4 Å². The molecule has 0 atom stereocenters. The van der Waals surface area contributed by atoms with Crippen molar-refractivity contribution in [1.82, 2.24) is 19.6 Å². The summed E-state index contributed by atoms with van der Waals surface area (Å²) in [5.41, 5.74) is 2.73. The smallest absolute Gasteiger partial charge is 0.257 e. The van der Waals surface area contributed by atoms with E-state index in [-0.39, 0.29) is 11.8 Å². The number of amides is 2. The first-order valence-electron chi connectivity index (χ1n) is 9.31. The third kappa shape index (κ3) is 3.31. The number of piperazine rings is 1. The maximum Gasteiger partial charge on any atom is 0.257 e. The number of nitriles is 1. The summed E-state index contributed by atoms with van der Waals surface area (Å²) in [6, 6.07) is 8.79. The molecule has 27 heavy (non-hydrogen) atoms. The predicted molar refractivity (Wildman–Crippen MR) is 98.1 cm³/mol. The molecular weight excluding hydrogens is 342 g/mol. The van der Waals surface area contributed by atoms with Crippen molar-refractivity contribution in [2.75, 3.05) is 26.2 Å². The molecule has 0 aliphatic carbocycles. The highest BCUT2D eigenvalue weighted by molar-refractivity contribution is 5.96. The van der Waals surface area contributed by atoms with Crippen molar-refractivity contribution < 1.29 is 9.59 Å². The molecule has 0 bridgehead atoms. The third-order valence-corrected chi connectivity index (χ3v) is 5.31. The number of aromatic nitrogens is 2. The second kappa shape index (κ2) is 7.23. The van der Waals surface area contributed by atoms with Gasteiger partial charge in [-0.05, 0) is 37.5 Å². The van der Waals surface area contributed by atoms with Crippen molar-refractivity contribution in [3.63, 3.8) is 0 Å². The SMILES string of the molecule is N#Cc1cccc(C(=O)N2CCN(C(=O)c3cnn4c3CCCC4)CC2)c1. The van der Waals surface area contributed by atoms with E-state index in [4.69, 9.17) is 5.26 Å². The fourth-order valence-electron chi connectivity index (χ4n) is 3.79. The molecule has 2 amide bonds. The molecule has 0 N–H and O–H groups in total. The second-order valence-electron chi connectivity index (χ2n) is 6.96. The number of carbonyl (C=O) groups excluding carboxylic acids is 2. The zero-order valence-electron chi connectivity index (χ0n) is 15.1. The highest BCUT2D eigenvalue weighted by Crippen LogP contribution is 2.20. The lowest BCUT2D eigenvalue weighted by Crippen LogP contribution is -2.50. The Bertz CT molecular complexity index is 919. The van der Waals surface area contributed by atoms with Crippen molar-refractivity contribution in [2.24, 2.45) is 0 Å². The maximum atomic E-state index is 12.9. The van der Waals surface area contributed by atoms with Gasteiger partial charge in [0.2, 0.25) is 0 Å². The molecule has 2 aromatic rings. The number of fused-ring (bicyclic) bond motifs is 1. The van der Waals surface area contributed by atoms with Crippen LogP contribution in [0.4, 0.5) is 0 Å². The quantitative estimate of drug-likeness (QED) is 0.813. The average Bonchev–Trinajstić information content (AvgIpc) is 3.17. The first kappa shape index (κ1) is 17.3. The molecule has 7 heteroatoms. The van der Waals surface area contributed by atoms with Crippen LogP contribution in [0.3, 0.4) is 0 Å². The van der Waals surface area contributed by atoms with E-state index in [9.17, 15) is 9.59 Å². The van der Waals surface area contributed by atoms with Gasteiger partial charge >= 0.3 is 0 Å². The summed E-state index contributed by atoms with van der Waals surface area (Å²) in [7, 11) is 0. The third-order valence-electron chi connectivity index (χ3n) is 5.31. The molecule has 1 aromatic carbocycles. The molecule has 1 aromatic heterocycles. The van der Waals surface area contributed by atoms with Crippen molar-refractivity contribution in [2.45, 2.75) is 25.8 Å². The average molecular weight is 363 g/mol. The van der Waals surface area contributed by atoms with E-state index in [0.29, 0.717) is 42.9 Å². The molecule has 138 valence electrons. The highest BCUT2D eigenvalue weighted by Gasteiger charge is 2.28. The number of carbonyl (C=O) groups is 2. The van der Waals surface area contributed by atoms with E-state index in [1.165, 1.54) is 0 Å². The van der Waals surface area contributed by atoms with Gasteiger partial charge in [-0.25, -0.2) is 0 Å². The lowest BCUT2D eigenvalue weighted by atomic mass is 10.1. The zero-order chi connectivity index (χ0) is 18.8. The minimum atomic E-state index is -0.0953. The summed E-state index contributed by atoms with van der Waals surface area (Å²) in [5.74, 6) is -0.0844. The molecule has 4 rings (SSSR count). The normalized spacial score (nSPS) is 16.6. The van der Waals surface area contributed by atoms with E-state index in [1.807, 2.05) is 9.58 Å². The molecule has 0 radical (unpaired) electrons. The van der Waals surface area contributed by atoms with Gasteiger partial charge in [-0.3, -0.25) is 14.3 Å². The number of benzene rings is 1. The molecule has 0 unspecified atom stereocenters. The molecule has 0 saturated carbocycles. The van der Waals surface area contributed by atoms with E-state index in [2.05, 4.69) is 11.2 Å². The Morgan fingerprint density at radius 2 is 1.74 bits per heavy atom. The Labute approximate surface area is 157 Å². The van der Waals surface area contributed by atoms with E-state index in [1.54, 1.807) is 35.4 Å². The van der Waals surface area contributed by atoms with Crippen LogP contribution in [0.25, 0.3) is 0 Å². The summed E-state index contributed by atoms with van der Waals surface area (Å²) < 4.78 is 1.94. The first-order chi connectivity index (χ1) is 13.2. The van der Waals surface area contributed by atoms with Crippen LogP contribution in [-0.4, -0.2) is 57.6 Å². The van der Waals surface area contributed by atoms with Gasteiger partial charge in [0, 0.05) is 38.3 Å². The lowest BCUT2D eigenvalue weighted by molar-refractivity contribution is 0.0534. The molecule has 0 spiro atoms. The van der Waals surface area contributed by atoms with Gasteiger partial charge in [0.25, 0.3) is 11.8 Å². The molecule has 7 nitrogen and oxygen atoms in total. The van der Waals surface area contributed by atoms with E-state index < -0.39 is 0 Å². The molecule has 3 heterocycles. The fourth-order valence-corrected chi connectivity index (χ4v) is 3.79. The Morgan fingerprint density at radius 3 is 2.48 bits per heavy atom. The maximum absolute atomic E-state index is 12.9. The van der Waals surface area contributed by atoms with E-state index in [0.717, 1.165) is 31.5 Å². The Kier molecular flexibility index (Phi) is 4.63. The van der Waals surface area contributed by atoms with Crippen molar-refractivity contribution >= 4 is 11.8 Å². The van der Waals surface area contributed by atoms with Gasteiger partial charge in [-0.1, -0.05) is 6.07 Å². The van der Waals surface area contributed by atoms with Crippen LogP contribution in [0, 0.1) is 11.3 Å². The van der Waals surface area contributed by atoms with Crippen LogP contribution in [0.1, 0.15) is 44.8 Å². The molecule has 2 aliphatic rings. The summed E-state index contributed by atoms with van der Waals surface area (Å²) >= 11 is 0. The van der Waals surface area contributed by atoms with Gasteiger partial charge in [-0.15, -0.1) is 0 Å². The van der Waals surface area contributed by atoms with E-state index >= 15 is 0 Å². The van der Waals surface area contributed by atoms with Crippen molar-refractivity contribution in [1.29, 1.82) is 5.26 Å². The number of rotatable bonds is 2. The second-order valence-corrected chi connectivity index (χ2v) is 6.96. The Balaban J connectivity index is 1.41. The van der Waals surface area contributed by atoms with Crippen LogP contribution in [0.2, 0.25) is 0 Å². The van der Waals surface area contributed by atoms with Gasteiger partial charge in [0.15, 0.2) is 0 Å². The largest absolute Gasteiger partial charge is 0.335 e. The fraction of sp³-hybridized carbons (Fsp3) is 0.400. The van der Waals surface area contributed by atoms with Crippen molar-refractivity contribution in [3.05, 3.63) is 52.8 Å². The van der Waals surface area contributed by atoms with Crippen molar-refractivity contribution in [3.8, 4) is 6.07 Å². The monoisotopic (exact) mass is 363 g/mol. The Hall–Kier alpha value is -3.14. The van der Waals surface area contributed by atoms with Crippen LogP contribution < -0.4 is 0 Å².